The van der Waals surface area contributed by atoms with Crippen LogP contribution < -0.4 is 4.90 Å². The number of nitrogens with zero attached hydrogens (tertiary/aromatic N) is 2. The van der Waals surface area contributed by atoms with Gasteiger partial charge in [0.1, 0.15) is 13.2 Å². The molecule has 0 aliphatic carbocycles. The highest BCUT2D eigenvalue weighted by atomic mass is 16.5. The van der Waals surface area contributed by atoms with Gasteiger partial charge in [-0.15, -0.1) is 0 Å². The van der Waals surface area contributed by atoms with Gasteiger partial charge in [0.2, 0.25) is 11.8 Å². The minimum atomic E-state index is -0.132. The molecule has 25 heavy (non-hydrogen) atoms. The first kappa shape index (κ1) is 17.9. The summed E-state index contributed by atoms with van der Waals surface area (Å²) in [4.78, 5) is 28.0. The van der Waals surface area contributed by atoms with Crippen molar-refractivity contribution in [3.05, 3.63) is 29.8 Å². The molecule has 2 heterocycles. The van der Waals surface area contributed by atoms with Crippen LogP contribution in [0.4, 0.5) is 5.69 Å². The molecule has 6 heteroatoms. The Morgan fingerprint density at radius 1 is 1.24 bits per heavy atom. The molecule has 2 fully saturated rings. The predicted molar refractivity (Wildman–Crippen MR) is 94.5 cm³/mol. The summed E-state index contributed by atoms with van der Waals surface area (Å²) in [5.41, 5.74) is 2.04. The average molecular weight is 346 g/mol. The molecule has 2 aliphatic rings. The van der Waals surface area contributed by atoms with Gasteiger partial charge in [-0.25, -0.2) is 0 Å². The summed E-state index contributed by atoms with van der Waals surface area (Å²) in [6.45, 7) is 4.40. The Hall–Kier alpha value is -1.92. The number of aryl methyl sites for hydroxylation is 1. The molecular weight excluding hydrogens is 320 g/mol. The lowest BCUT2D eigenvalue weighted by molar-refractivity contribution is -0.142. The van der Waals surface area contributed by atoms with Gasteiger partial charge >= 0.3 is 0 Å². The molecular formula is C19H26N2O4. The van der Waals surface area contributed by atoms with Crippen molar-refractivity contribution in [2.45, 2.75) is 32.3 Å². The Labute approximate surface area is 148 Å². The number of anilines is 1. The van der Waals surface area contributed by atoms with Crippen LogP contribution in [0.15, 0.2) is 24.3 Å². The Morgan fingerprint density at radius 3 is 2.72 bits per heavy atom. The van der Waals surface area contributed by atoms with Crippen molar-refractivity contribution in [3.63, 3.8) is 0 Å². The van der Waals surface area contributed by atoms with E-state index >= 15 is 0 Å². The van der Waals surface area contributed by atoms with Crippen LogP contribution in [-0.2, 0) is 19.1 Å². The van der Waals surface area contributed by atoms with Gasteiger partial charge in [0.05, 0.1) is 12.7 Å². The van der Waals surface area contributed by atoms with Crippen molar-refractivity contribution in [2.75, 3.05) is 44.4 Å². The zero-order valence-corrected chi connectivity index (χ0v) is 14.8. The maximum Gasteiger partial charge on any atom is 0.249 e. The molecule has 2 saturated heterocycles. The molecule has 0 radical (unpaired) electrons. The molecule has 1 aromatic carbocycles. The van der Waals surface area contributed by atoms with E-state index in [4.69, 9.17) is 9.47 Å². The number of hydrogen-bond donors (Lipinski definition) is 0. The second-order valence-corrected chi connectivity index (χ2v) is 6.70. The molecule has 0 unspecified atom stereocenters. The van der Waals surface area contributed by atoms with Gasteiger partial charge in [-0.3, -0.25) is 9.59 Å². The van der Waals surface area contributed by atoms with E-state index in [-0.39, 0.29) is 31.1 Å². The summed E-state index contributed by atoms with van der Waals surface area (Å²) in [6.07, 6.45) is 3.34. The number of rotatable bonds is 5. The smallest absolute Gasteiger partial charge is 0.249 e. The highest BCUT2D eigenvalue weighted by molar-refractivity contribution is 5.98. The van der Waals surface area contributed by atoms with E-state index in [1.165, 1.54) is 0 Å². The zero-order chi connectivity index (χ0) is 17.6. The molecule has 2 aliphatic heterocycles. The third-order valence-corrected chi connectivity index (χ3v) is 4.72. The van der Waals surface area contributed by atoms with Crippen LogP contribution in [0.2, 0.25) is 0 Å². The highest BCUT2D eigenvalue weighted by Crippen LogP contribution is 2.18. The molecule has 1 atom stereocenters. The van der Waals surface area contributed by atoms with E-state index in [2.05, 4.69) is 0 Å². The van der Waals surface area contributed by atoms with Crippen LogP contribution in [0.3, 0.4) is 0 Å². The second-order valence-electron chi connectivity index (χ2n) is 6.70. The normalized spacial score (nSPS) is 21.5. The van der Waals surface area contributed by atoms with E-state index < -0.39 is 0 Å². The molecule has 2 amide bonds. The quantitative estimate of drug-likeness (QED) is 0.815. The van der Waals surface area contributed by atoms with E-state index in [1.54, 1.807) is 9.80 Å². The van der Waals surface area contributed by atoms with Gasteiger partial charge in [0.15, 0.2) is 0 Å². The van der Waals surface area contributed by atoms with Crippen LogP contribution in [0.25, 0.3) is 0 Å². The van der Waals surface area contributed by atoms with Crippen molar-refractivity contribution in [1.29, 1.82) is 0 Å². The largest absolute Gasteiger partial charge is 0.376 e. The predicted octanol–water partition coefficient (Wildman–Crippen LogP) is 1.76. The molecule has 1 aromatic rings. The molecule has 0 spiro atoms. The van der Waals surface area contributed by atoms with Gasteiger partial charge in [-0.2, -0.15) is 0 Å². The number of amides is 2. The fourth-order valence-corrected chi connectivity index (χ4v) is 3.19. The minimum absolute atomic E-state index is 0.0116. The number of hydrogen-bond acceptors (Lipinski definition) is 4. The van der Waals surface area contributed by atoms with Crippen LogP contribution in [0.1, 0.15) is 24.8 Å². The molecule has 136 valence electrons. The second kappa shape index (κ2) is 8.45. The lowest BCUT2D eigenvalue weighted by atomic mass is 10.1. The summed E-state index contributed by atoms with van der Waals surface area (Å²) < 4.78 is 11.1. The first-order valence-electron chi connectivity index (χ1n) is 8.97. The van der Waals surface area contributed by atoms with E-state index in [0.29, 0.717) is 19.7 Å². The lowest BCUT2D eigenvalue weighted by Gasteiger charge is -2.34. The van der Waals surface area contributed by atoms with E-state index in [0.717, 1.165) is 37.1 Å². The maximum atomic E-state index is 12.4. The van der Waals surface area contributed by atoms with Gasteiger partial charge in [-0.1, -0.05) is 17.7 Å². The van der Waals surface area contributed by atoms with Gasteiger partial charge in [0.25, 0.3) is 0 Å². The van der Waals surface area contributed by atoms with Gasteiger partial charge in [-0.05, 0) is 38.3 Å². The standard InChI is InChI=1S/C19H26N2O4/c1-15-5-7-16(8-6-15)21-10-9-20(12-18(21)22)19(23)14-24-13-17-4-2-3-11-25-17/h5-8,17H,2-4,9-14H2,1H3/t17-/m1/s1. The number of ether oxygens (including phenoxy) is 2. The Morgan fingerprint density at radius 2 is 2.04 bits per heavy atom. The topological polar surface area (TPSA) is 59.1 Å². The number of piperazine rings is 1. The summed E-state index contributed by atoms with van der Waals surface area (Å²) in [5.74, 6) is -0.188. The van der Waals surface area contributed by atoms with Crippen molar-refractivity contribution in [2.24, 2.45) is 0 Å². The fraction of sp³-hybridized carbons (Fsp3) is 0.579. The molecule has 0 aromatic heterocycles. The molecule has 6 nitrogen and oxygen atoms in total. The van der Waals surface area contributed by atoms with Crippen molar-refractivity contribution in [1.82, 2.24) is 4.90 Å². The van der Waals surface area contributed by atoms with Crippen LogP contribution in [-0.4, -0.2) is 62.3 Å². The third kappa shape index (κ3) is 4.80. The monoisotopic (exact) mass is 346 g/mol. The van der Waals surface area contributed by atoms with E-state index in [1.807, 2.05) is 31.2 Å². The Kier molecular flexibility index (Phi) is 6.04. The molecule has 3 rings (SSSR count). The fourth-order valence-electron chi connectivity index (χ4n) is 3.19. The number of benzene rings is 1. The van der Waals surface area contributed by atoms with Gasteiger partial charge in [0, 0.05) is 25.4 Å². The van der Waals surface area contributed by atoms with E-state index in [9.17, 15) is 9.59 Å². The molecule has 0 N–H and O–H groups in total. The average Bonchev–Trinajstić information content (AvgIpc) is 2.63. The highest BCUT2D eigenvalue weighted by Gasteiger charge is 2.28. The Bertz CT molecular complexity index is 596. The first-order valence-corrected chi connectivity index (χ1v) is 8.97. The Balaban J connectivity index is 1.44. The number of carbonyl (C=O) groups is 2. The summed E-state index contributed by atoms with van der Waals surface area (Å²) in [5, 5.41) is 0. The maximum absolute atomic E-state index is 12.4. The summed E-state index contributed by atoms with van der Waals surface area (Å²) in [6, 6.07) is 7.86. The molecule has 0 bridgehead atoms. The lowest BCUT2D eigenvalue weighted by Crippen LogP contribution is -2.53. The van der Waals surface area contributed by atoms with Crippen LogP contribution in [0.5, 0.6) is 0 Å². The SMILES string of the molecule is Cc1ccc(N2CCN(C(=O)COC[C@H]3CCCCO3)CC2=O)cc1. The van der Waals surface area contributed by atoms with Crippen LogP contribution in [0, 0.1) is 6.92 Å². The zero-order valence-electron chi connectivity index (χ0n) is 14.8. The summed E-state index contributed by atoms with van der Waals surface area (Å²) >= 11 is 0. The third-order valence-electron chi connectivity index (χ3n) is 4.72. The summed E-state index contributed by atoms with van der Waals surface area (Å²) in [7, 11) is 0. The minimum Gasteiger partial charge on any atom is -0.376 e. The van der Waals surface area contributed by atoms with Crippen molar-refractivity contribution >= 4 is 17.5 Å². The van der Waals surface area contributed by atoms with Crippen molar-refractivity contribution < 1.29 is 19.1 Å². The van der Waals surface area contributed by atoms with Gasteiger partial charge < -0.3 is 19.3 Å². The molecule has 0 saturated carbocycles. The van der Waals surface area contributed by atoms with Crippen molar-refractivity contribution in [3.8, 4) is 0 Å². The van der Waals surface area contributed by atoms with Crippen LogP contribution >= 0.6 is 0 Å². The number of carbonyl (C=O) groups excluding carboxylic acids is 2. The first-order chi connectivity index (χ1) is 12.1.